The summed E-state index contributed by atoms with van der Waals surface area (Å²) < 4.78 is 0. The van der Waals surface area contributed by atoms with Crippen LogP contribution in [0.3, 0.4) is 0 Å². The van der Waals surface area contributed by atoms with E-state index < -0.39 is 0 Å². The zero-order chi connectivity index (χ0) is 16.1. The average Bonchev–Trinajstić information content (AvgIpc) is 2.85. The lowest BCUT2D eigenvalue weighted by atomic mass is 9.80. The Hall–Kier alpha value is -1.06. The third-order valence-electron chi connectivity index (χ3n) is 5.27. The van der Waals surface area contributed by atoms with Crippen molar-refractivity contribution in [1.82, 2.24) is 10.2 Å². The van der Waals surface area contributed by atoms with Crippen molar-refractivity contribution in [2.45, 2.75) is 44.4 Å². The zero-order valence-electron chi connectivity index (χ0n) is 13.8. The molecule has 1 amide bonds. The molecule has 0 spiro atoms. The molecule has 1 atom stereocenters. The van der Waals surface area contributed by atoms with Gasteiger partial charge in [-0.25, -0.2) is 0 Å². The fraction of sp³-hybridized carbons (Fsp3) is 0.632. The molecule has 1 saturated carbocycles. The van der Waals surface area contributed by atoms with E-state index in [1.807, 2.05) is 23.1 Å². The van der Waals surface area contributed by atoms with E-state index in [9.17, 15) is 4.79 Å². The Bertz CT molecular complexity index is 520. The molecule has 1 heterocycles. The van der Waals surface area contributed by atoms with Crippen LogP contribution < -0.4 is 5.32 Å². The molecule has 3 nitrogen and oxygen atoms in total. The molecule has 2 fully saturated rings. The van der Waals surface area contributed by atoms with E-state index >= 15 is 0 Å². The van der Waals surface area contributed by atoms with Crippen molar-refractivity contribution in [3.63, 3.8) is 0 Å². The second kappa shape index (κ2) is 8.16. The Morgan fingerprint density at radius 2 is 1.83 bits per heavy atom. The number of carbonyl (C=O) groups is 1. The Labute approximate surface area is 144 Å². The fourth-order valence-electron chi connectivity index (χ4n) is 4.04. The van der Waals surface area contributed by atoms with Crippen LogP contribution in [0.2, 0.25) is 5.02 Å². The van der Waals surface area contributed by atoms with Gasteiger partial charge in [0, 0.05) is 31.2 Å². The van der Waals surface area contributed by atoms with Crippen molar-refractivity contribution >= 4 is 17.5 Å². The van der Waals surface area contributed by atoms with Crippen molar-refractivity contribution in [2.75, 3.05) is 26.2 Å². The van der Waals surface area contributed by atoms with Crippen molar-refractivity contribution in [3.05, 3.63) is 34.9 Å². The van der Waals surface area contributed by atoms with Crippen LogP contribution in [0.5, 0.6) is 0 Å². The Morgan fingerprint density at radius 3 is 2.48 bits per heavy atom. The monoisotopic (exact) mass is 334 g/mol. The summed E-state index contributed by atoms with van der Waals surface area (Å²) in [4.78, 5) is 15.3. The molecule has 1 aromatic carbocycles. The summed E-state index contributed by atoms with van der Waals surface area (Å²) >= 11 is 6.22. The number of rotatable bonds is 3. The highest BCUT2D eigenvalue weighted by Gasteiger charge is 2.33. The van der Waals surface area contributed by atoms with E-state index in [1.165, 1.54) is 25.7 Å². The average molecular weight is 335 g/mol. The summed E-state index contributed by atoms with van der Waals surface area (Å²) in [7, 11) is 0. The normalized spacial score (nSPS) is 21.7. The maximum absolute atomic E-state index is 13.3. The van der Waals surface area contributed by atoms with Crippen LogP contribution >= 0.6 is 11.6 Å². The van der Waals surface area contributed by atoms with Gasteiger partial charge in [-0.15, -0.1) is 0 Å². The Morgan fingerprint density at radius 1 is 1.13 bits per heavy atom. The summed E-state index contributed by atoms with van der Waals surface area (Å²) in [6.07, 6.45) is 7.43. The predicted octanol–water partition coefficient (Wildman–Crippen LogP) is 3.83. The molecule has 2 aliphatic rings. The van der Waals surface area contributed by atoms with Gasteiger partial charge < -0.3 is 10.2 Å². The van der Waals surface area contributed by atoms with Gasteiger partial charge in [0.1, 0.15) is 0 Å². The molecule has 0 bridgehead atoms. The smallest absolute Gasteiger partial charge is 0.230 e. The first-order chi connectivity index (χ1) is 11.3. The quantitative estimate of drug-likeness (QED) is 0.852. The van der Waals surface area contributed by atoms with Crippen LogP contribution in [-0.2, 0) is 4.79 Å². The first-order valence-corrected chi connectivity index (χ1v) is 9.38. The molecule has 1 aromatic rings. The molecule has 4 heteroatoms. The third kappa shape index (κ3) is 4.27. The van der Waals surface area contributed by atoms with Crippen molar-refractivity contribution in [2.24, 2.45) is 5.92 Å². The van der Waals surface area contributed by atoms with E-state index in [0.29, 0.717) is 11.8 Å². The molecular weight excluding hydrogens is 308 g/mol. The SMILES string of the molecule is O=C(C(c1cccc(Cl)c1)C1CCCCCC1)N1CCNCC1. The summed E-state index contributed by atoms with van der Waals surface area (Å²) in [5, 5.41) is 4.06. The van der Waals surface area contributed by atoms with Gasteiger partial charge in [0.05, 0.1) is 5.92 Å². The highest BCUT2D eigenvalue weighted by molar-refractivity contribution is 6.30. The van der Waals surface area contributed by atoms with Crippen LogP contribution in [0.15, 0.2) is 24.3 Å². The molecule has 1 saturated heterocycles. The molecule has 0 aromatic heterocycles. The van der Waals surface area contributed by atoms with Crippen LogP contribution in [0.25, 0.3) is 0 Å². The van der Waals surface area contributed by atoms with E-state index in [2.05, 4.69) is 11.4 Å². The minimum atomic E-state index is -0.0232. The molecular formula is C19H27ClN2O. The maximum atomic E-state index is 13.3. The lowest BCUT2D eigenvalue weighted by Crippen LogP contribution is -2.49. The van der Waals surface area contributed by atoms with E-state index in [1.54, 1.807) is 0 Å². The number of nitrogens with zero attached hydrogens (tertiary/aromatic N) is 1. The van der Waals surface area contributed by atoms with Crippen molar-refractivity contribution < 1.29 is 4.79 Å². The molecule has 1 aliphatic heterocycles. The van der Waals surface area contributed by atoms with E-state index in [-0.39, 0.29) is 5.92 Å². The van der Waals surface area contributed by atoms with E-state index in [4.69, 9.17) is 11.6 Å². The summed E-state index contributed by atoms with van der Waals surface area (Å²) in [6.45, 7) is 3.45. The second-order valence-corrected chi connectivity index (χ2v) is 7.30. The first-order valence-electron chi connectivity index (χ1n) is 9.00. The number of halogens is 1. The minimum Gasteiger partial charge on any atom is -0.340 e. The van der Waals surface area contributed by atoms with Gasteiger partial charge in [-0.2, -0.15) is 0 Å². The molecule has 1 N–H and O–H groups in total. The zero-order valence-corrected chi connectivity index (χ0v) is 14.5. The predicted molar refractivity (Wildman–Crippen MR) is 94.8 cm³/mol. The van der Waals surface area contributed by atoms with E-state index in [0.717, 1.165) is 49.6 Å². The fourth-order valence-corrected chi connectivity index (χ4v) is 4.24. The van der Waals surface area contributed by atoms with Crippen LogP contribution in [0.4, 0.5) is 0 Å². The van der Waals surface area contributed by atoms with Gasteiger partial charge in [-0.05, 0) is 36.5 Å². The molecule has 1 unspecified atom stereocenters. The third-order valence-corrected chi connectivity index (χ3v) is 5.51. The summed E-state index contributed by atoms with van der Waals surface area (Å²) in [6, 6.07) is 7.95. The maximum Gasteiger partial charge on any atom is 0.230 e. The Kier molecular flexibility index (Phi) is 5.96. The topological polar surface area (TPSA) is 32.3 Å². The standard InChI is InChI=1S/C19H27ClN2O/c20-17-9-5-8-16(14-17)18(15-6-3-1-2-4-7-15)19(23)22-12-10-21-11-13-22/h5,8-9,14-15,18,21H,1-4,6-7,10-13H2. The number of piperazine rings is 1. The van der Waals surface area contributed by atoms with Crippen molar-refractivity contribution in [1.29, 1.82) is 0 Å². The molecule has 3 rings (SSSR count). The number of amides is 1. The van der Waals surface area contributed by atoms with Gasteiger partial charge in [-0.1, -0.05) is 49.4 Å². The lowest BCUT2D eigenvalue weighted by Gasteiger charge is -2.34. The second-order valence-electron chi connectivity index (χ2n) is 6.86. The van der Waals surface area contributed by atoms with Crippen LogP contribution in [-0.4, -0.2) is 37.0 Å². The number of carbonyl (C=O) groups excluding carboxylic acids is 1. The van der Waals surface area contributed by atoms with Gasteiger partial charge in [0.2, 0.25) is 5.91 Å². The highest BCUT2D eigenvalue weighted by atomic mass is 35.5. The molecule has 1 aliphatic carbocycles. The van der Waals surface area contributed by atoms with Crippen LogP contribution in [0.1, 0.15) is 50.0 Å². The molecule has 126 valence electrons. The minimum absolute atomic E-state index is 0.0232. The largest absolute Gasteiger partial charge is 0.340 e. The number of nitrogens with one attached hydrogen (secondary N) is 1. The van der Waals surface area contributed by atoms with Gasteiger partial charge in [0.25, 0.3) is 0 Å². The van der Waals surface area contributed by atoms with Gasteiger partial charge in [0.15, 0.2) is 0 Å². The van der Waals surface area contributed by atoms with Crippen molar-refractivity contribution in [3.8, 4) is 0 Å². The van der Waals surface area contributed by atoms with Gasteiger partial charge in [-0.3, -0.25) is 4.79 Å². The lowest BCUT2D eigenvalue weighted by molar-refractivity contribution is -0.134. The summed E-state index contributed by atoms with van der Waals surface area (Å²) in [5.41, 5.74) is 1.10. The number of benzene rings is 1. The number of hydrogen-bond donors (Lipinski definition) is 1. The summed E-state index contributed by atoms with van der Waals surface area (Å²) in [5.74, 6) is 0.740. The molecule has 0 radical (unpaired) electrons. The van der Waals surface area contributed by atoms with Crippen LogP contribution in [0, 0.1) is 5.92 Å². The first kappa shape index (κ1) is 16.8. The number of hydrogen-bond acceptors (Lipinski definition) is 2. The van der Waals surface area contributed by atoms with Gasteiger partial charge >= 0.3 is 0 Å². The highest BCUT2D eigenvalue weighted by Crippen LogP contribution is 2.37. The Balaban J connectivity index is 1.86. The molecule has 23 heavy (non-hydrogen) atoms.